The number of hydrogen-bond donors (Lipinski definition) is 1. The highest BCUT2D eigenvalue weighted by atomic mass is 16.6. The topological polar surface area (TPSA) is 47.9 Å². The fraction of sp³-hybridized carbons (Fsp3) is 0.391. The van der Waals surface area contributed by atoms with E-state index in [0.29, 0.717) is 19.6 Å². The molecule has 0 unspecified atom stereocenters. The van der Waals surface area contributed by atoms with Crippen LogP contribution in [0, 0.1) is 0 Å². The van der Waals surface area contributed by atoms with Crippen LogP contribution in [0.1, 0.15) is 24.5 Å². The van der Waals surface area contributed by atoms with E-state index >= 15 is 0 Å². The molecular weight excluding hydrogens is 340 g/mol. The van der Waals surface area contributed by atoms with Crippen molar-refractivity contribution in [1.29, 1.82) is 0 Å². The minimum Gasteiger partial charge on any atom is -0.394 e. The Kier molecular flexibility index (Phi) is 6.80. The molecule has 0 aromatic heterocycles. The molecule has 3 rings (SSSR count). The first-order valence-electron chi connectivity index (χ1n) is 9.37. The summed E-state index contributed by atoms with van der Waals surface area (Å²) in [5.74, 6) is 0. The minimum atomic E-state index is -0.592. The molecule has 0 saturated carbocycles. The second kappa shape index (κ2) is 9.29. The normalized spacial score (nSPS) is 27.6. The Morgan fingerprint density at radius 1 is 1.00 bits per heavy atom. The van der Waals surface area contributed by atoms with E-state index < -0.39 is 11.7 Å². The van der Waals surface area contributed by atoms with Crippen LogP contribution in [0.2, 0.25) is 0 Å². The number of rotatable bonds is 9. The molecule has 2 aromatic rings. The van der Waals surface area contributed by atoms with Gasteiger partial charge >= 0.3 is 0 Å². The van der Waals surface area contributed by atoms with Gasteiger partial charge in [0.05, 0.1) is 25.4 Å². The Hall–Kier alpha value is -1.98. The van der Waals surface area contributed by atoms with E-state index in [2.05, 4.69) is 6.58 Å². The summed E-state index contributed by atoms with van der Waals surface area (Å²) >= 11 is 0. The van der Waals surface area contributed by atoms with Crippen LogP contribution >= 0.6 is 0 Å². The van der Waals surface area contributed by atoms with Gasteiger partial charge in [-0.2, -0.15) is 0 Å². The van der Waals surface area contributed by atoms with Gasteiger partial charge in [0.1, 0.15) is 18.3 Å². The van der Waals surface area contributed by atoms with Crippen molar-refractivity contribution >= 4 is 0 Å². The van der Waals surface area contributed by atoms with E-state index in [-0.39, 0.29) is 18.8 Å². The largest absolute Gasteiger partial charge is 0.394 e. The Morgan fingerprint density at radius 3 is 2.07 bits per heavy atom. The number of ether oxygens (including phenoxy) is 3. The van der Waals surface area contributed by atoms with E-state index in [0.717, 1.165) is 11.1 Å². The molecule has 0 aliphatic carbocycles. The van der Waals surface area contributed by atoms with Crippen LogP contribution in [0.5, 0.6) is 0 Å². The summed E-state index contributed by atoms with van der Waals surface area (Å²) in [5.41, 5.74) is 1.58. The van der Waals surface area contributed by atoms with Gasteiger partial charge in [0.15, 0.2) is 0 Å². The van der Waals surface area contributed by atoms with Crippen LogP contribution in [0.4, 0.5) is 0 Å². The molecule has 1 heterocycles. The lowest BCUT2D eigenvalue weighted by atomic mass is 9.92. The Labute approximate surface area is 161 Å². The maximum atomic E-state index is 9.85. The van der Waals surface area contributed by atoms with Gasteiger partial charge in [-0.05, 0) is 24.5 Å². The quantitative estimate of drug-likeness (QED) is 0.683. The second-order valence-electron chi connectivity index (χ2n) is 7.12. The third-order valence-electron chi connectivity index (χ3n) is 4.97. The van der Waals surface area contributed by atoms with Crippen LogP contribution in [0.15, 0.2) is 73.3 Å². The number of aliphatic hydroxyl groups is 1. The summed E-state index contributed by atoms with van der Waals surface area (Å²) in [6, 6.07) is 20.0. The summed E-state index contributed by atoms with van der Waals surface area (Å²) in [7, 11) is 0. The summed E-state index contributed by atoms with van der Waals surface area (Å²) in [4.78, 5) is 0. The molecule has 0 bridgehead atoms. The second-order valence-corrected chi connectivity index (χ2v) is 7.12. The molecule has 0 amide bonds. The molecule has 1 aliphatic heterocycles. The Morgan fingerprint density at radius 2 is 1.56 bits per heavy atom. The first-order chi connectivity index (χ1) is 13.2. The van der Waals surface area contributed by atoms with E-state index in [1.807, 2.05) is 73.7 Å². The standard InChI is InChI=1S/C23H28O4/c1-3-14-23(2)22(26-17-19-12-8-5-9-13-19)21(20(15-24)27-23)25-16-18-10-6-4-7-11-18/h3-13,20-22,24H,1,14-17H2,2H3/t20-,21-,22+,23+/m1/s1. The molecular formula is C23H28O4. The van der Waals surface area contributed by atoms with Crippen molar-refractivity contribution in [2.75, 3.05) is 6.61 Å². The van der Waals surface area contributed by atoms with Crippen molar-refractivity contribution in [3.05, 3.63) is 84.4 Å². The Bertz CT molecular complexity index is 703. The highest BCUT2D eigenvalue weighted by Crippen LogP contribution is 2.38. The highest BCUT2D eigenvalue weighted by molar-refractivity contribution is 5.15. The maximum absolute atomic E-state index is 9.85. The van der Waals surface area contributed by atoms with Gasteiger partial charge in [0.25, 0.3) is 0 Å². The molecule has 0 radical (unpaired) electrons. The van der Waals surface area contributed by atoms with E-state index in [9.17, 15) is 5.11 Å². The summed E-state index contributed by atoms with van der Waals surface area (Å²) in [5, 5.41) is 9.85. The first-order valence-corrected chi connectivity index (χ1v) is 9.37. The van der Waals surface area contributed by atoms with Crippen LogP contribution < -0.4 is 0 Å². The zero-order chi connectivity index (χ0) is 19.1. The zero-order valence-corrected chi connectivity index (χ0v) is 15.8. The van der Waals surface area contributed by atoms with E-state index in [4.69, 9.17) is 14.2 Å². The summed E-state index contributed by atoms with van der Waals surface area (Å²) < 4.78 is 18.6. The molecule has 2 aromatic carbocycles. The molecule has 4 nitrogen and oxygen atoms in total. The molecule has 4 heteroatoms. The SMILES string of the molecule is C=CC[C@]1(C)O[C@H](CO)[C@@H](OCc2ccccc2)[C@@H]1OCc1ccccc1. The number of hydrogen-bond acceptors (Lipinski definition) is 4. The van der Waals surface area contributed by atoms with Crippen LogP contribution in [0.3, 0.4) is 0 Å². The average molecular weight is 368 g/mol. The number of aliphatic hydroxyl groups excluding tert-OH is 1. The summed E-state index contributed by atoms with van der Waals surface area (Å²) in [6.45, 7) is 6.65. The van der Waals surface area contributed by atoms with Gasteiger partial charge < -0.3 is 19.3 Å². The van der Waals surface area contributed by atoms with Crippen molar-refractivity contribution in [2.45, 2.75) is 50.5 Å². The predicted octanol–water partition coefficient (Wildman–Crippen LogP) is 3.88. The molecule has 0 spiro atoms. The number of benzene rings is 2. The van der Waals surface area contributed by atoms with Crippen molar-refractivity contribution < 1.29 is 19.3 Å². The van der Waals surface area contributed by atoms with Gasteiger partial charge in [-0.3, -0.25) is 0 Å². The zero-order valence-electron chi connectivity index (χ0n) is 15.8. The summed E-state index contributed by atoms with van der Waals surface area (Å²) in [6.07, 6.45) is 1.35. The molecule has 1 N–H and O–H groups in total. The van der Waals surface area contributed by atoms with Crippen LogP contribution in [0.25, 0.3) is 0 Å². The van der Waals surface area contributed by atoms with Gasteiger partial charge in [-0.1, -0.05) is 66.7 Å². The fourth-order valence-electron chi connectivity index (χ4n) is 3.61. The molecule has 27 heavy (non-hydrogen) atoms. The smallest absolute Gasteiger partial charge is 0.116 e. The third kappa shape index (κ3) is 4.85. The molecule has 144 valence electrons. The lowest BCUT2D eigenvalue weighted by molar-refractivity contribution is -0.107. The van der Waals surface area contributed by atoms with Gasteiger partial charge in [0.2, 0.25) is 0 Å². The fourth-order valence-corrected chi connectivity index (χ4v) is 3.61. The highest BCUT2D eigenvalue weighted by Gasteiger charge is 2.53. The van der Waals surface area contributed by atoms with Crippen LogP contribution in [-0.2, 0) is 27.4 Å². The predicted molar refractivity (Wildman–Crippen MR) is 105 cm³/mol. The average Bonchev–Trinajstić information content (AvgIpc) is 2.97. The molecule has 1 fully saturated rings. The Balaban J connectivity index is 1.76. The minimum absolute atomic E-state index is 0.114. The van der Waals surface area contributed by atoms with Crippen LogP contribution in [-0.4, -0.2) is 35.6 Å². The van der Waals surface area contributed by atoms with Gasteiger partial charge in [-0.25, -0.2) is 0 Å². The first kappa shape index (κ1) is 19.8. The van der Waals surface area contributed by atoms with E-state index in [1.54, 1.807) is 0 Å². The lowest BCUT2D eigenvalue weighted by Gasteiger charge is -2.31. The molecule has 1 saturated heterocycles. The van der Waals surface area contributed by atoms with Gasteiger partial charge in [0, 0.05) is 0 Å². The molecule has 1 aliphatic rings. The van der Waals surface area contributed by atoms with E-state index in [1.165, 1.54) is 0 Å². The lowest BCUT2D eigenvalue weighted by Crippen LogP contribution is -2.43. The van der Waals surface area contributed by atoms with Crippen molar-refractivity contribution in [3.8, 4) is 0 Å². The third-order valence-corrected chi connectivity index (χ3v) is 4.97. The van der Waals surface area contributed by atoms with Crippen molar-refractivity contribution in [3.63, 3.8) is 0 Å². The maximum Gasteiger partial charge on any atom is 0.116 e. The monoisotopic (exact) mass is 368 g/mol. The van der Waals surface area contributed by atoms with Crippen molar-refractivity contribution in [2.24, 2.45) is 0 Å². The van der Waals surface area contributed by atoms with Crippen molar-refractivity contribution in [1.82, 2.24) is 0 Å². The van der Waals surface area contributed by atoms with Gasteiger partial charge in [-0.15, -0.1) is 6.58 Å². The molecule has 4 atom stereocenters.